The molecule has 0 amide bonds. The zero-order valence-electron chi connectivity index (χ0n) is 11.5. The SMILES string of the molecule is CCC(CC)CC(Cc1ccc(F)c(F)c1)NC. The van der Waals surface area contributed by atoms with Crippen molar-refractivity contribution in [1.82, 2.24) is 5.32 Å². The minimum Gasteiger partial charge on any atom is -0.317 e. The standard InChI is InChI=1S/C15H23F2N/c1-4-11(5-2)8-13(18-3)9-12-6-7-14(16)15(17)10-12/h6-7,10-11,13,18H,4-5,8-9H2,1-3H3. The van der Waals surface area contributed by atoms with Crippen LogP contribution in [0.25, 0.3) is 0 Å². The average molecular weight is 255 g/mol. The van der Waals surface area contributed by atoms with E-state index in [9.17, 15) is 8.78 Å². The van der Waals surface area contributed by atoms with Gasteiger partial charge in [-0.3, -0.25) is 0 Å². The topological polar surface area (TPSA) is 12.0 Å². The van der Waals surface area contributed by atoms with Gasteiger partial charge in [-0.15, -0.1) is 0 Å². The van der Waals surface area contributed by atoms with E-state index < -0.39 is 11.6 Å². The van der Waals surface area contributed by atoms with E-state index in [0.717, 1.165) is 31.2 Å². The van der Waals surface area contributed by atoms with Gasteiger partial charge in [0.1, 0.15) is 0 Å². The largest absolute Gasteiger partial charge is 0.317 e. The number of hydrogen-bond donors (Lipinski definition) is 1. The summed E-state index contributed by atoms with van der Waals surface area (Å²) < 4.78 is 26.0. The molecule has 0 saturated heterocycles. The first-order valence-electron chi connectivity index (χ1n) is 6.71. The van der Waals surface area contributed by atoms with Crippen LogP contribution in [0.1, 0.15) is 38.7 Å². The predicted octanol–water partition coefficient (Wildman–Crippen LogP) is 3.92. The Balaban J connectivity index is 2.64. The minimum absolute atomic E-state index is 0.319. The summed E-state index contributed by atoms with van der Waals surface area (Å²) in [5.41, 5.74) is 0.846. The van der Waals surface area contributed by atoms with Gasteiger partial charge in [-0.2, -0.15) is 0 Å². The molecule has 3 heteroatoms. The molecule has 1 unspecified atom stereocenters. The normalized spacial score (nSPS) is 13.0. The predicted molar refractivity (Wildman–Crippen MR) is 71.6 cm³/mol. The summed E-state index contributed by atoms with van der Waals surface area (Å²) in [4.78, 5) is 0. The summed E-state index contributed by atoms with van der Waals surface area (Å²) in [7, 11) is 1.92. The van der Waals surface area contributed by atoms with Crippen molar-refractivity contribution in [2.24, 2.45) is 5.92 Å². The second kappa shape index (κ2) is 7.47. The first kappa shape index (κ1) is 15.1. The molecule has 0 aliphatic carbocycles. The van der Waals surface area contributed by atoms with Crippen LogP contribution in [0.4, 0.5) is 8.78 Å². The van der Waals surface area contributed by atoms with Crippen LogP contribution in [0.3, 0.4) is 0 Å². The Kier molecular flexibility index (Phi) is 6.27. The monoisotopic (exact) mass is 255 g/mol. The van der Waals surface area contributed by atoms with Crippen LogP contribution < -0.4 is 5.32 Å². The Bertz CT molecular complexity index is 362. The van der Waals surface area contributed by atoms with Crippen molar-refractivity contribution in [3.05, 3.63) is 35.4 Å². The van der Waals surface area contributed by atoms with Gasteiger partial charge < -0.3 is 5.32 Å². The maximum atomic E-state index is 13.1. The number of likely N-dealkylation sites (N-methyl/N-ethyl adjacent to an activating group) is 1. The molecule has 1 aromatic rings. The maximum absolute atomic E-state index is 13.1. The number of nitrogens with one attached hydrogen (secondary N) is 1. The fraction of sp³-hybridized carbons (Fsp3) is 0.600. The molecule has 0 spiro atoms. The zero-order chi connectivity index (χ0) is 13.5. The summed E-state index contributed by atoms with van der Waals surface area (Å²) >= 11 is 0. The van der Waals surface area contributed by atoms with Crippen LogP contribution in [-0.4, -0.2) is 13.1 Å². The Hall–Kier alpha value is -0.960. The van der Waals surface area contributed by atoms with Crippen molar-refractivity contribution in [1.29, 1.82) is 0 Å². The third-order valence-corrected chi connectivity index (χ3v) is 3.65. The Labute approximate surface area is 109 Å². The second-order valence-corrected chi connectivity index (χ2v) is 4.86. The minimum atomic E-state index is -0.778. The van der Waals surface area contributed by atoms with Gasteiger partial charge in [0.05, 0.1) is 0 Å². The lowest BCUT2D eigenvalue weighted by Crippen LogP contribution is -2.30. The zero-order valence-corrected chi connectivity index (χ0v) is 11.5. The van der Waals surface area contributed by atoms with E-state index in [4.69, 9.17) is 0 Å². The molecule has 102 valence electrons. The fourth-order valence-corrected chi connectivity index (χ4v) is 2.28. The highest BCUT2D eigenvalue weighted by Crippen LogP contribution is 2.18. The molecule has 1 N–H and O–H groups in total. The summed E-state index contributed by atoms with van der Waals surface area (Å²) in [6.07, 6.45) is 4.13. The van der Waals surface area contributed by atoms with Gasteiger partial charge in [-0.05, 0) is 43.5 Å². The lowest BCUT2D eigenvalue weighted by molar-refractivity contribution is 0.376. The van der Waals surface area contributed by atoms with E-state index in [-0.39, 0.29) is 0 Å². The lowest BCUT2D eigenvalue weighted by Gasteiger charge is -2.21. The summed E-state index contributed by atoms with van der Waals surface area (Å²) in [5, 5.41) is 3.27. The summed E-state index contributed by atoms with van der Waals surface area (Å²) in [6, 6.07) is 4.48. The molecule has 1 atom stereocenters. The molecule has 0 saturated carbocycles. The van der Waals surface area contributed by atoms with Crippen LogP contribution in [0.5, 0.6) is 0 Å². The van der Waals surface area contributed by atoms with E-state index in [0.29, 0.717) is 12.0 Å². The number of rotatable bonds is 7. The second-order valence-electron chi connectivity index (χ2n) is 4.86. The van der Waals surface area contributed by atoms with Crippen LogP contribution in [0.2, 0.25) is 0 Å². The van der Waals surface area contributed by atoms with E-state index in [2.05, 4.69) is 19.2 Å². The molecule has 18 heavy (non-hydrogen) atoms. The molecule has 0 fully saturated rings. The number of halogens is 2. The highest BCUT2D eigenvalue weighted by Gasteiger charge is 2.14. The van der Waals surface area contributed by atoms with Crippen molar-refractivity contribution >= 4 is 0 Å². The van der Waals surface area contributed by atoms with Crippen molar-refractivity contribution in [2.75, 3.05) is 7.05 Å². The molecule has 0 aliphatic heterocycles. The molecule has 0 radical (unpaired) electrons. The molecule has 0 heterocycles. The first-order chi connectivity index (χ1) is 8.60. The van der Waals surface area contributed by atoms with E-state index in [1.54, 1.807) is 6.07 Å². The van der Waals surface area contributed by atoms with E-state index in [1.165, 1.54) is 12.1 Å². The van der Waals surface area contributed by atoms with Gasteiger partial charge in [0.15, 0.2) is 11.6 Å². The van der Waals surface area contributed by atoms with Crippen LogP contribution in [-0.2, 0) is 6.42 Å². The smallest absolute Gasteiger partial charge is 0.159 e. The van der Waals surface area contributed by atoms with Crippen molar-refractivity contribution < 1.29 is 8.78 Å². The lowest BCUT2D eigenvalue weighted by atomic mass is 9.91. The van der Waals surface area contributed by atoms with Gasteiger partial charge in [0.2, 0.25) is 0 Å². The van der Waals surface area contributed by atoms with Gasteiger partial charge in [0, 0.05) is 6.04 Å². The average Bonchev–Trinajstić information content (AvgIpc) is 2.38. The van der Waals surface area contributed by atoms with Crippen molar-refractivity contribution in [3.63, 3.8) is 0 Å². The van der Waals surface area contributed by atoms with Crippen molar-refractivity contribution in [3.8, 4) is 0 Å². The first-order valence-corrected chi connectivity index (χ1v) is 6.71. The Morgan fingerprint density at radius 2 is 1.78 bits per heavy atom. The van der Waals surface area contributed by atoms with Gasteiger partial charge >= 0.3 is 0 Å². The summed E-state index contributed by atoms with van der Waals surface area (Å²) in [5.74, 6) is -0.850. The molecule has 1 aromatic carbocycles. The van der Waals surface area contributed by atoms with Crippen molar-refractivity contribution in [2.45, 2.75) is 45.6 Å². The molecular formula is C15H23F2N. The summed E-state index contributed by atoms with van der Waals surface area (Å²) in [6.45, 7) is 4.39. The number of benzene rings is 1. The Morgan fingerprint density at radius 3 is 2.28 bits per heavy atom. The molecule has 0 bridgehead atoms. The Morgan fingerprint density at radius 1 is 1.11 bits per heavy atom. The number of hydrogen-bond acceptors (Lipinski definition) is 1. The van der Waals surface area contributed by atoms with Gasteiger partial charge in [-0.1, -0.05) is 32.8 Å². The van der Waals surface area contributed by atoms with Gasteiger partial charge in [-0.25, -0.2) is 8.78 Å². The highest BCUT2D eigenvalue weighted by molar-refractivity contribution is 5.18. The maximum Gasteiger partial charge on any atom is 0.159 e. The third kappa shape index (κ3) is 4.37. The third-order valence-electron chi connectivity index (χ3n) is 3.65. The molecule has 1 rings (SSSR count). The van der Waals surface area contributed by atoms with Crippen LogP contribution >= 0.6 is 0 Å². The van der Waals surface area contributed by atoms with Crippen LogP contribution in [0.15, 0.2) is 18.2 Å². The van der Waals surface area contributed by atoms with Gasteiger partial charge in [0.25, 0.3) is 0 Å². The van der Waals surface area contributed by atoms with Crippen LogP contribution in [0, 0.1) is 17.6 Å². The molecule has 0 aromatic heterocycles. The molecule has 1 nitrogen and oxygen atoms in total. The fourth-order valence-electron chi connectivity index (χ4n) is 2.28. The quantitative estimate of drug-likeness (QED) is 0.778. The molecule has 0 aliphatic rings. The highest BCUT2D eigenvalue weighted by atomic mass is 19.2. The molecular weight excluding hydrogens is 232 g/mol. The van der Waals surface area contributed by atoms with E-state index >= 15 is 0 Å². The van der Waals surface area contributed by atoms with E-state index in [1.807, 2.05) is 7.05 Å².